The molecule has 1 aromatic carbocycles. The van der Waals surface area contributed by atoms with Crippen LogP contribution in [0.1, 0.15) is 26.7 Å². The first-order valence-electron chi connectivity index (χ1n) is 7.00. The molecule has 0 fully saturated rings. The fourth-order valence-corrected chi connectivity index (χ4v) is 3.26. The second-order valence-corrected chi connectivity index (χ2v) is 6.94. The van der Waals surface area contributed by atoms with Crippen LogP contribution in [0.2, 0.25) is 0 Å². The number of nitrogens with one attached hydrogen (secondary N) is 1. The Bertz CT molecular complexity index is 504. The fourth-order valence-electron chi connectivity index (χ4n) is 1.88. The SMILES string of the molecule is COc1ccc(N)cc1NC(=O)CCCS(=O)CC(C)C. The van der Waals surface area contributed by atoms with Crippen molar-refractivity contribution in [3.63, 3.8) is 0 Å². The van der Waals surface area contributed by atoms with Gasteiger partial charge in [0.1, 0.15) is 5.75 Å². The van der Waals surface area contributed by atoms with Gasteiger partial charge in [-0.2, -0.15) is 0 Å². The lowest BCUT2D eigenvalue weighted by Gasteiger charge is -2.11. The number of nitrogens with two attached hydrogens (primary N) is 1. The van der Waals surface area contributed by atoms with E-state index in [1.807, 2.05) is 13.8 Å². The Morgan fingerprint density at radius 1 is 1.43 bits per heavy atom. The van der Waals surface area contributed by atoms with Crippen LogP contribution in [0.25, 0.3) is 0 Å². The number of carbonyl (C=O) groups excluding carboxylic acids is 1. The van der Waals surface area contributed by atoms with Gasteiger partial charge in [0, 0.05) is 34.4 Å². The lowest BCUT2D eigenvalue weighted by atomic mass is 10.2. The van der Waals surface area contributed by atoms with Crippen LogP contribution in [-0.4, -0.2) is 28.7 Å². The van der Waals surface area contributed by atoms with Crippen LogP contribution in [0.5, 0.6) is 5.75 Å². The summed E-state index contributed by atoms with van der Waals surface area (Å²) < 4.78 is 16.8. The van der Waals surface area contributed by atoms with Gasteiger partial charge in [0.2, 0.25) is 5.91 Å². The Labute approximate surface area is 128 Å². The van der Waals surface area contributed by atoms with E-state index in [-0.39, 0.29) is 5.91 Å². The molecule has 1 atom stereocenters. The average molecular weight is 312 g/mol. The molecular weight excluding hydrogens is 288 g/mol. The first kappa shape index (κ1) is 17.5. The molecule has 21 heavy (non-hydrogen) atoms. The molecule has 0 aromatic heterocycles. The van der Waals surface area contributed by atoms with Crippen molar-refractivity contribution in [2.75, 3.05) is 29.7 Å². The van der Waals surface area contributed by atoms with Crippen LogP contribution in [0.3, 0.4) is 0 Å². The molecule has 1 amide bonds. The molecule has 0 saturated carbocycles. The van der Waals surface area contributed by atoms with Crippen LogP contribution in [0.4, 0.5) is 11.4 Å². The highest BCUT2D eigenvalue weighted by Crippen LogP contribution is 2.26. The van der Waals surface area contributed by atoms with Crippen LogP contribution in [0.15, 0.2) is 18.2 Å². The molecule has 5 nitrogen and oxygen atoms in total. The van der Waals surface area contributed by atoms with Gasteiger partial charge in [-0.25, -0.2) is 0 Å². The summed E-state index contributed by atoms with van der Waals surface area (Å²) in [6.07, 6.45) is 0.942. The predicted octanol–water partition coefficient (Wildman–Crippen LogP) is 2.40. The highest BCUT2D eigenvalue weighted by molar-refractivity contribution is 7.84. The second kappa shape index (κ2) is 8.67. The summed E-state index contributed by atoms with van der Waals surface area (Å²) in [4.78, 5) is 11.9. The summed E-state index contributed by atoms with van der Waals surface area (Å²) >= 11 is 0. The summed E-state index contributed by atoms with van der Waals surface area (Å²) in [6, 6.07) is 5.08. The number of methoxy groups -OCH3 is 1. The monoisotopic (exact) mass is 312 g/mol. The molecule has 0 heterocycles. The van der Waals surface area contributed by atoms with Crippen molar-refractivity contribution in [2.45, 2.75) is 26.7 Å². The number of benzene rings is 1. The maximum Gasteiger partial charge on any atom is 0.224 e. The molecule has 0 spiro atoms. The zero-order valence-corrected chi connectivity index (χ0v) is 13.7. The molecule has 3 N–H and O–H groups in total. The van der Waals surface area contributed by atoms with Gasteiger partial charge in [0.25, 0.3) is 0 Å². The minimum Gasteiger partial charge on any atom is -0.495 e. The van der Waals surface area contributed by atoms with Gasteiger partial charge in [-0.05, 0) is 30.5 Å². The maximum absolute atomic E-state index is 11.9. The summed E-state index contributed by atoms with van der Waals surface area (Å²) in [6.45, 7) is 4.08. The zero-order valence-electron chi connectivity index (χ0n) is 12.8. The first-order chi connectivity index (χ1) is 9.92. The van der Waals surface area contributed by atoms with Crippen LogP contribution in [0, 0.1) is 5.92 Å². The van der Waals surface area contributed by atoms with Gasteiger partial charge in [-0.3, -0.25) is 9.00 Å². The van der Waals surface area contributed by atoms with Crippen LogP contribution >= 0.6 is 0 Å². The second-order valence-electron chi connectivity index (χ2n) is 5.32. The summed E-state index contributed by atoms with van der Waals surface area (Å²) in [5.74, 6) is 2.10. The van der Waals surface area contributed by atoms with Gasteiger partial charge in [0.15, 0.2) is 0 Å². The number of carbonyl (C=O) groups is 1. The Morgan fingerprint density at radius 3 is 2.76 bits per heavy atom. The predicted molar refractivity (Wildman–Crippen MR) is 88.0 cm³/mol. The van der Waals surface area contributed by atoms with E-state index in [2.05, 4.69) is 5.32 Å². The van der Waals surface area contributed by atoms with E-state index >= 15 is 0 Å². The molecule has 118 valence electrons. The molecule has 0 saturated heterocycles. The summed E-state index contributed by atoms with van der Waals surface area (Å²) in [7, 11) is 0.691. The minimum absolute atomic E-state index is 0.125. The topological polar surface area (TPSA) is 81.4 Å². The Hall–Kier alpha value is -1.56. The number of rotatable bonds is 8. The quantitative estimate of drug-likeness (QED) is 0.722. The molecule has 0 radical (unpaired) electrons. The number of hydrogen-bond donors (Lipinski definition) is 2. The number of ether oxygens (including phenoxy) is 1. The van der Waals surface area contributed by atoms with Crippen molar-refractivity contribution >= 4 is 28.1 Å². The molecular formula is C15H24N2O3S. The van der Waals surface area contributed by atoms with E-state index in [4.69, 9.17) is 10.5 Å². The highest BCUT2D eigenvalue weighted by atomic mass is 32.2. The number of anilines is 2. The van der Waals surface area contributed by atoms with Crippen LogP contribution < -0.4 is 15.8 Å². The number of nitrogen functional groups attached to an aromatic ring is 1. The molecule has 1 unspecified atom stereocenters. The number of amides is 1. The van der Waals surface area contributed by atoms with E-state index in [1.54, 1.807) is 18.2 Å². The molecule has 0 aliphatic heterocycles. The fraction of sp³-hybridized carbons (Fsp3) is 0.533. The third-order valence-corrected chi connectivity index (χ3v) is 4.58. The maximum atomic E-state index is 11.9. The van der Waals surface area contributed by atoms with Crippen molar-refractivity contribution in [1.82, 2.24) is 0 Å². The Kier molecular flexibility index (Phi) is 7.22. The normalized spacial score (nSPS) is 12.2. The minimum atomic E-state index is -0.847. The van der Waals surface area contributed by atoms with Gasteiger partial charge in [-0.1, -0.05) is 13.8 Å². The van der Waals surface area contributed by atoms with E-state index in [1.165, 1.54) is 7.11 Å². The third-order valence-electron chi connectivity index (χ3n) is 2.79. The zero-order chi connectivity index (χ0) is 15.8. The molecule has 1 rings (SSSR count). The van der Waals surface area contributed by atoms with Gasteiger partial charge >= 0.3 is 0 Å². The standard InChI is InChI=1S/C15H24N2O3S/c1-11(2)10-21(19)8-4-5-15(18)17-13-9-12(16)6-7-14(13)20-3/h6-7,9,11H,4-5,8,10,16H2,1-3H3,(H,17,18). The van der Waals surface area contributed by atoms with Crippen LogP contribution in [-0.2, 0) is 15.6 Å². The molecule has 6 heteroatoms. The van der Waals surface area contributed by atoms with Gasteiger partial charge < -0.3 is 15.8 Å². The van der Waals surface area contributed by atoms with E-state index in [0.717, 1.165) is 0 Å². The Morgan fingerprint density at radius 2 is 2.14 bits per heavy atom. The Balaban J connectivity index is 2.44. The highest BCUT2D eigenvalue weighted by Gasteiger charge is 2.09. The lowest BCUT2D eigenvalue weighted by molar-refractivity contribution is -0.116. The van der Waals surface area contributed by atoms with Crippen molar-refractivity contribution in [1.29, 1.82) is 0 Å². The van der Waals surface area contributed by atoms with E-state index < -0.39 is 10.8 Å². The molecule has 1 aromatic rings. The summed E-state index contributed by atoms with van der Waals surface area (Å²) in [5, 5.41) is 2.77. The lowest BCUT2D eigenvalue weighted by Crippen LogP contribution is -2.14. The molecule has 0 bridgehead atoms. The first-order valence-corrected chi connectivity index (χ1v) is 8.49. The van der Waals surface area contributed by atoms with Crippen molar-refractivity contribution in [2.24, 2.45) is 5.92 Å². The van der Waals surface area contributed by atoms with E-state index in [9.17, 15) is 9.00 Å². The molecule has 0 aliphatic carbocycles. The third kappa shape index (κ3) is 6.62. The summed E-state index contributed by atoms with van der Waals surface area (Å²) in [5.41, 5.74) is 6.82. The van der Waals surface area contributed by atoms with Crippen molar-refractivity contribution in [3.05, 3.63) is 18.2 Å². The van der Waals surface area contributed by atoms with Crippen molar-refractivity contribution < 1.29 is 13.7 Å². The van der Waals surface area contributed by atoms with Gasteiger partial charge in [0.05, 0.1) is 12.8 Å². The molecule has 0 aliphatic rings. The van der Waals surface area contributed by atoms with E-state index in [0.29, 0.717) is 47.4 Å². The largest absolute Gasteiger partial charge is 0.495 e. The van der Waals surface area contributed by atoms with Crippen molar-refractivity contribution in [3.8, 4) is 5.75 Å². The smallest absolute Gasteiger partial charge is 0.224 e. The number of hydrogen-bond acceptors (Lipinski definition) is 4. The average Bonchev–Trinajstić information content (AvgIpc) is 2.38. The van der Waals surface area contributed by atoms with Gasteiger partial charge in [-0.15, -0.1) is 0 Å².